The molecule has 0 amide bonds. The van der Waals surface area contributed by atoms with E-state index in [4.69, 9.17) is 11.6 Å². The fourth-order valence-electron chi connectivity index (χ4n) is 3.99. The topological polar surface area (TPSA) is 46.8 Å². The smallest absolute Gasteiger partial charge is 0.177 e. The molecule has 0 N–H and O–H groups in total. The molecule has 0 spiro atoms. The Morgan fingerprint density at radius 3 is 2.67 bits per heavy atom. The largest absolute Gasteiger partial charge is 0.357 e. The van der Waals surface area contributed by atoms with Gasteiger partial charge in [0, 0.05) is 43.2 Å². The van der Waals surface area contributed by atoms with Crippen LogP contribution in [0.4, 0.5) is 10.2 Å². The van der Waals surface area contributed by atoms with Gasteiger partial charge in [0.15, 0.2) is 5.65 Å². The maximum atomic E-state index is 13.6. The summed E-state index contributed by atoms with van der Waals surface area (Å²) in [6.45, 7) is 2.56. The third-order valence-corrected chi connectivity index (χ3v) is 5.85. The van der Waals surface area contributed by atoms with Crippen LogP contribution in [0, 0.1) is 5.82 Å². The van der Waals surface area contributed by atoms with Gasteiger partial charge >= 0.3 is 0 Å². The molecule has 0 bridgehead atoms. The number of hydrogen-bond acceptors (Lipinski definition) is 4. The van der Waals surface area contributed by atoms with Gasteiger partial charge in [-0.3, -0.25) is 0 Å². The molecule has 0 unspecified atom stereocenters. The van der Waals surface area contributed by atoms with E-state index in [0.29, 0.717) is 17.2 Å². The number of piperidine rings is 1. The van der Waals surface area contributed by atoms with E-state index >= 15 is 0 Å². The van der Waals surface area contributed by atoms with E-state index in [9.17, 15) is 4.39 Å². The number of halogens is 2. The maximum Gasteiger partial charge on any atom is 0.177 e. The van der Waals surface area contributed by atoms with E-state index in [1.165, 1.54) is 31.4 Å². The molecule has 3 aromatic heterocycles. The summed E-state index contributed by atoms with van der Waals surface area (Å²) in [6.07, 6.45) is 8.89. The van der Waals surface area contributed by atoms with Crippen molar-refractivity contribution in [3.05, 3.63) is 71.5 Å². The molecule has 5 nitrogen and oxygen atoms in total. The zero-order valence-electron chi connectivity index (χ0n) is 16.4. The minimum atomic E-state index is -0.246. The highest BCUT2D eigenvalue weighted by molar-refractivity contribution is 6.33. The van der Waals surface area contributed by atoms with Gasteiger partial charge in [-0.1, -0.05) is 23.7 Å². The molecular weight excluding hydrogens is 401 g/mol. The highest BCUT2D eigenvalue weighted by atomic mass is 35.5. The van der Waals surface area contributed by atoms with E-state index in [-0.39, 0.29) is 5.82 Å². The van der Waals surface area contributed by atoms with E-state index in [1.807, 2.05) is 22.8 Å². The Labute approximate surface area is 179 Å². The first-order valence-corrected chi connectivity index (χ1v) is 10.5. The molecule has 1 fully saturated rings. The summed E-state index contributed by atoms with van der Waals surface area (Å²) in [7, 11) is 0. The molecule has 0 saturated carbocycles. The molecule has 4 aromatic rings. The summed E-state index contributed by atoms with van der Waals surface area (Å²) < 4.78 is 15.5. The lowest BCUT2D eigenvalue weighted by Crippen LogP contribution is -2.30. The van der Waals surface area contributed by atoms with Crippen LogP contribution in [0.15, 0.2) is 55.1 Å². The van der Waals surface area contributed by atoms with Gasteiger partial charge in [0.2, 0.25) is 0 Å². The normalized spacial score (nSPS) is 14.4. The summed E-state index contributed by atoms with van der Waals surface area (Å²) >= 11 is 6.51. The number of rotatable bonds is 4. The molecular formula is C23H21ClFN5. The first kappa shape index (κ1) is 19.0. The monoisotopic (exact) mass is 421 g/mol. The first-order valence-electron chi connectivity index (χ1n) is 10.1. The Morgan fingerprint density at radius 2 is 1.83 bits per heavy atom. The van der Waals surface area contributed by atoms with Gasteiger partial charge in [0.05, 0.1) is 16.9 Å². The summed E-state index contributed by atoms with van der Waals surface area (Å²) in [5.74, 6) is 0.701. The maximum absolute atomic E-state index is 13.6. The highest BCUT2D eigenvalue weighted by Crippen LogP contribution is 2.32. The second kappa shape index (κ2) is 8.03. The lowest BCUT2D eigenvalue weighted by atomic mass is 10.1. The van der Waals surface area contributed by atoms with Crippen LogP contribution < -0.4 is 4.90 Å². The fourth-order valence-corrected chi connectivity index (χ4v) is 4.21. The average Bonchev–Trinajstić information content (AvgIpc) is 3.17. The predicted molar refractivity (Wildman–Crippen MR) is 117 cm³/mol. The van der Waals surface area contributed by atoms with Crippen LogP contribution in [0.2, 0.25) is 5.02 Å². The lowest BCUT2D eigenvalue weighted by molar-refractivity contribution is 0.573. The molecule has 5 rings (SSSR count). The zero-order chi connectivity index (χ0) is 20.5. The second-order valence-electron chi connectivity index (χ2n) is 7.64. The van der Waals surface area contributed by atoms with Gasteiger partial charge in [-0.25, -0.2) is 19.3 Å². The van der Waals surface area contributed by atoms with Gasteiger partial charge in [0.25, 0.3) is 0 Å². The lowest BCUT2D eigenvalue weighted by Gasteiger charge is -2.28. The standard InChI is InChI=1S/C23H21ClFN5/c24-20-13-26-22(29-7-2-1-3-8-29)11-19(20)17-10-21-23(27-12-17)28-15-30(21)14-16-5-4-6-18(25)9-16/h4-6,9-13,15H,1-3,7-8,14H2. The molecule has 1 aliphatic rings. The van der Waals surface area contributed by atoms with Crippen LogP contribution in [0.25, 0.3) is 22.3 Å². The number of pyridine rings is 2. The van der Waals surface area contributed by atoms with Crippen molar-refractivity contribution in [3.8, 4) is 11.1 Å². The summed E-state index contributed by atoms with van der Waals surface area (Å²) in [5.41, 5.74) is 4.21. The van der Waals surface area contributed by atoms with Crippen molar-refractivity contribution in [2.45, 2.75) is 25.8 Å². The third-order valence-electron chi connectivity index (χ3n) is 5.55. The molecule has 0 aliphatic carbocycles. The zero-order valence-corrected chi connectivity index (χ0v) is 17.2. The van der Waals surface area contributed by atoms with Crippen LogP contribution in [0.3, 0.4) is 0 Å². The van der Waals surface area contributed by atoms with Crippen molar-refractivity contribution in [2.75, 3.05) is 18.0 Å². The van der Waals surface area contributed by atoms with Crippen molar-refractivity contribution in [1.29, 1.82) is 0 Å². The number of aromatic nitrogens is 4. The van der Waals surface area contributed by atoms with E-state index in [0.717, 1.165) is 41.1 Å². The molecule has 0 radical (unpaired) electrons. The van der Waals surface area contributed by atoms with E-state index in [2.05, 4.69) is 19.9 Å². The Kier molecular flexibility index (Phi) is 5.09. The number of anilines is 1. The number of hydrogen-bond donors (Lipinski definition) is 0. The van der Waals surface area contributed by atoms with Gasteiger partial charge in [0.1, 0.15) is 11.6 Å². The van der Waals surface area contributed by atoms with Crippen LogP contribution in [0.1, 0.15) is 24.8 Å². The molecule has 1 saturated heterocycles. The quantitative estimate of drug-likeness (QED) is 0.447. The van der Waals surface area contributed by atoms with Gasteiger partial charge in [-0.05, 0) is 49.1 Å². The van der Waals surface area contributed by atoms with Crippen molar-refractivity contribution < 1.29 is 4.39 Å². The number of nitrogens with zero attached hydrogens (tertiary/aromatic N) is 5. The summed E-state index contributed by atoms with van der Waals surface area (Å²) in [4.78, 5) is 15.8. The molecule has 152 valence electrons. The van der Waals surface area contributed by atoms with Crippen LogP contribution in [0.5, 0.6) is 0 Å². The van der Waals surface area contributed by atoms with E-state index < -0.39 is 0 Å². The minimum absolute atomic E-state index is 0.246. The highest BCUT2D eigenvalue weighted by Gasteiger charge is 2.16. The summed E-state index contributed by atoms with van der Waals surface area (Å²) in [5, 5.41) is 0.591. The third kappa shape index (κ3) is 3.75. The minimum Gasteiger partial charge on any atom is -0.357 e. The number of fused-ring (bicyclic) bond motifs is 1. The van der Waals surface area contributed by atoms with Gasteiger partial charge < -0.3 is 9.47 Å². The Morgan fingerprint density at radius 1 is 0.967 bits per heavy atom. The summed E-state index contributed by atoms with van der Waals surface area (Å²) in [6, 6.07) is 10.7. The second-order valence-corrected chi connectivity index (χ2v) is 8.05. The molecule has 1 aromatic carbocycles. The number of benzene rings is 1. The Bertz CT molecular complexity index is 1200. The Hall–Kier alpha value is -2.99. The van der Waals surface area contributed by atoms with Crippen LogP contribution in [-0.4, -0.2) is 32.6 Å². The van der Waals surface area contributed by atoms with E-state index in [1.54, 1.807) is 24.8 Å². The van der Waals surface area contributed by atoms with Crippen molar-refractivity contribution in [3.63, 3.8) is 0 Å². The van der Waals surface area contributed by atoms with Crippen LogP contribution in [-0.2, 0) is 6.54 Å². The molecule has 30 heavy (non-hydrogen) atoms. The molecule has 0 atom stereocenters. The average molecular weight is 422 g/mol. The van der Waals surface area contributed by atoms with Gasteiger partial charge in [-0.15, -0.1) is 0 Å². The van der Waals surface area contributed by atoms with Crippen LogP contribution >= 0.6 is 11.6 Å². The van der Waals surface area contributed by atoms with Gasteiger partial charge in [-0.2, -0.15) is 0 Å². The molecule has 4 heterocycles. The predicted octanol–water partition coefficient (Wildman–Crippen LogP) is 5.32. The van der Waals surface area contributed by atoms with Crippen molar-refractivity contribution in [2.24, 2.45) is 0 Å². The van der Waals surface area contributed by atoms with Crippen molar-refractivity contribution in [1.82, 2.24) is 19.5 Å². The SMILES string of the molecule is Fc1cccc(Cn2cnc3ncc(-c4cc(N5CCCCC5)ncc4Cl)cc32)c1. The molecule has 1 aliphatic heterocycles. The number of imidazole rings is 1. The molecule has 7 heteroatoms. The van der Waals surface area contributed by atoms with Crippen molar-refractivity contribution >= 4 is 28.6 Å². The first-order chi connectivity index (χ1) is 14.7. The Balaban J connectivity index is 1.52. The fraction of sp³-hybridized carbons (Fsp3) is 0.261.